The van der Waals surface area contributed by atoms with Crippen LogP contribution in [0.1, 0.15) is 29.1 Å². The molecule has 1 fully saturated rings. The van der Waals surface area contributed by atoms with E-state index >= 15 is 0 Å². The summed E-state index contributed by atoms with van der Waals surface area (Å²) < 4.78 is 5.50. The number of rotatable bonds is 3. The molecule has 2 aromatic heterocycles. The Bertz CT molecular complexity index is 829. The molecule has 1 aromatic carbocycles. The first-order valence-electron chi connectivity index (χ1n) is 7.93. The van der Waals surface area contributed by atoms with Crippen LogP contribution in [0.2, 0.25) is 0 Å². The minimum Gasteiger partial charge on any atom is -0.339 e. The van der Waals surface area contributed by atoms with Crippen LogP contribution in [0.25, 0.3) is 11.4 Å². The van der Waals surface area contributed by atoms with Gasteiger partial charge in [-0.05, 0) is 17.4 Å². The normalized spacial score (nSPS) is 20.5. The maximum atomic E-state index is 12.5. The van der Waals surface area contributed by atoms with Gasteiger partial charge in [0.15, 0.2) is 0 Å². The number of carbonyl (C=O) groups excluding carboxylic acids is 1. The molecule has 0 bridgehead atoms. The van der Waals surface area contributed by atoms with E-state index < -0.39 is 0 Å². The smallest absolute Gasteiger partial charge is 0.254 e. The Hall–Kier alpha value is -2.47. The lowest BCUT2D eigenvalue weighted by molar-refractivity contribution is 0.0786. The van der Waals surface area contributed by atoms with Gasteiger partial charge in [-0.3, -0.25) is 4.79 Å². The Labute approximate surface area is 143 Å². The van der Waals surface area contributed by atoms with Crippen LogP contribution in [0, 0.1) is 5.92 Å². The van der Waals surface area contributed by atoms with Gasteiger partial charge in [0.2, 0.25) is 11.7 Å². The fourth-order valence-electron chi connectivity index (χ4n) is 3.11. The first kappa shape index (κ1) is 15.1. The Morgan fingerprint density at radius 1 is 1.25 bits per heavy atom. The zero-order valence-corrected chi connectivity index (χ0v) is 14.1. The maximum absolute atomic E-state index is 12.5. The molecule has 3 heterocycles. The SMILES string of the molecule is C[C@@H]1CN(C(=O)c2ccsc2)C[C@H]1c1nc(-c2ccccc2)no1. The lowest BCUT2D eigenvalue weighted by atomic mass is 9.98. The molecule has 0 N–H and O–H groups in total. The third-order valence-corrected chi connectivity index (χ3v) is 5.14. The molecule has 6 heteroatoms. The Morgan fingerprint density at radius 2 is 2.08 bits per heavy atom. The lowest BCUT2D eigenvalue weighted by Gasteiger charge is -2.14. The van der Waals surface area contributed by atoms with Crippen LogP contribution in [0.15, 0.2) is 51.7 Å². The number of amides is 1. The second-order valence-corrected chi connectivity index (χ2v) is 6.91. The van der Waals surface area contributed by atoms with Crippen LogP contribution in [-0.4, -0.2) is 34.0 Å². The summed E-state index contributed by atoms with van der Waals surface area (Å²) >= 11 is 1.54. The van der Waals surface area contributed by atoms with Gasteiger partial charge in [-0.15, -0.1) is 0 Å². The average molecular weight is 339 g/mol. The van der Waals surface area contributed by atoms with Crippen molar-refractivity contribution in [1.29, 1.82) is 0 Å². The van der Waals surface area contributed by atoms with E-state index in [-0.39, 0.29) is 17.7 Å². The fourth-order valence-corrected chi connectivity index (χ4v) is 3.74. The number of hydrogen-bond donors (Lipinski definition) is 0. The molecule has 0 radical (unpaired) electrons. The molecular weight excluding hydrogens is 322 g/mol. The van der Waals surface area contributed by atoms with Gasteiger partial charge in [0.1, 0.15) is 0 Å². The first-order chi connectivity index (χ1) is 11.7. The van der Waals surface area contributed by atoms with Crippen molar-refractivity contribution in [3.63, 3.8) is 0 Å². The highest BCUT2D eigenvalue weighted by molar-refractivity contribution is 7.08. The van der Waals surface area contributed by atoms with Crippen LogP contribution < -0.4 is 0 Å². The maximum Gasteiger partial charge on any atom is 0.254 e. The number of benzene rings is 1. The lowest BCUT2D eigenvalue weighted by Crippen LogP contribution is -2.28. The monoisotopic (exact) mass is 339 g/mol. The number of thiophene rings is 1. The van der Waals surface area contributed by atoms with Crippen LogP contribution in [0.4, 0.5) is 0 Å². The molecule has 3 aromatic rings. The summed E-state index contributed by atoms with van der Waals surface area (Å²) in [5, 5.41) is 7.91. The van der Waals surface area contributed by atoms with Crippen molar-refractivity contribution in [2.75, 3.05) is 13.1 Å². The van der Waals surface area contributed by atoms with E-state index in [1.807, 2.05) is 52.1 Å². The van der Waals surface area contributed by atoms with Crippen LogP contribution >= 0.6 is 11.3 Å². The van der Waals surface area contributed by atoms with Crippen LogP contribution in [-0.2, 0) is 0 Å². The molecule has 122 valence electrons. The second kappa shape index (κ2) is 6.20. The van der Waals surface area contributed by atoms with E-state index in [9.17, 15) is 4.79 Å². The van der Waals surface area contributed by atoms with Crippen molar-refractivity contribution in [1.82, 2.24) is 15.0 Å². The molecule has 1 aliphatic heterocycles. The molecule has 0 spiro atoms. The van der Waals surface area contributed by atoms with Gasteiger partial charge in [-0.1, -0.05) is 42.4 Å². The van der Waals surface area contributed by atoms with Gasteiger partial charge < -0.3 is 9.42 Å². The van der Waals surface area contributed by atoms with E-state index in [2.05, 4.69) is 17.1 Å². The van der Waals surface area contributed by atoms with E-state index in [1.54, 1.807) is 0 Å². The summed E-state index contributed by atoms with van der Waals surface area (Å²) in [5.74, 6) is 1.66. The van der Waals surface area contributed by atoms with E-state index in [1.165, 1.54) is 11.3 Å². The standard InChI is InChI=1S/C18H17N3O2S/c1-12-9-21(18(22)14-7-8-24-11-14)10-15(12)17-19-16(20-23-17)13-5-3-2-4-6-13/h2-8,11-12,15H,9-10H2,1H3/t12-,15-/m1/s1. The predicted octanol–water partition coefficient (Wildman–Crippen LogP) is 3.67. The van der Waals surface area contributed by atoms with E-state index in [4.69, 9.17) is 4.52 Å². The summed E-state index contributed by atoms with van der Waals surface area (Å²) in [6, 6.07) is 11.6. The molecule has 1 saturated heterocycles. The van der Waals surface area contributed by atoms with Gasteiger partial charge in [-0.25, -0.2) is 0 Å². The van der Waals surface area contributed by atoms with Gasteiger partial charge in [-0.2, -0.15) is 16.3 Å². The predicted molar refractivity (Wildman–Crippen MR) is 91.9 cm³/mol. The zero-order chi connectivity index (χ0) is 16.5. The van der Waals surface area contributed by atoms with Gasteiger partial charge in [0, 0.05) is 24.0 Å². The third-order valence-electron chi connectivity index (χ3n) is 4.46. The summed E-state index contributed by atoms with van der Waals surface area (Å²) in [7, 11) is 0. The Balaban J connectivity index is 1.53. The number of likely N-dealkylation sites (tertiary alicyclic amines) is 1. The molecule has 4 rings (SSSR count). The molecule has 2 atom stereocenters. The largest absolute Gasteiger partial charge is 0.339 e. The molecule has 0 aliphatic carbocycles. The van der Waals surface area contributed by atoms with Crippen molar-refractivity contribution in [3.05, 3.63) is 58.6 Å². The molecule has 1 aliphatic rings. The molecule has 24 heavy (non-hydrogen) atoms. The van der Waals surface area contributed by atoms with Crippen molar-refractivity contribution in [2.45, 2.75) is 12.8 Å². The van der Waals surface area contributed by atoms with Crippen molar-refractivity contribution < 1.29 is 9.32 Å². The second-order valence-electron chi connectivity index (χ2n) is 6.13. The van der Waals surface area contributed by atoms with Gasteiger partial charge in [0.25, 0.3) is 5.91 Å². The molecule has 1 amide bonds. The minimum absolute atomic E-state index is 0.0772. The minimum atomic E-state index is 0.0772. The van der Waals surface area contributed by atoms with E-state index in [0.717, 1.165) is 11.1 Å². The first-order valence-corrected chi connectivity index (χ1v) is 8.87. The highest BCUT2D eigenvalue weighted by Gasteiger charge is 2.37. The third kappa shape index (κ3) is 2.73. The topological polar surface area (TPSA) is 59.2 Å². The van der Waals surface area contributed by atoms with Crippen molar-refractivity contribution in [2.24, 2.45) is 5.92 Å². The number of aromatic nitrogens is 2. The highest BCUT2D eigenvalue weighted by atomic mass is 32.1. The van der Waals surface area contributed by atoms with Crippen molar-refractivity contribution >= 4 is 17.2 Å². The summed E-state index contributed by atoms with van der Waals surface area (Å²) in [5.41, 5.74) is 1.69. The van der Waals surface area contributed by atoms with E-state index in [0.29, 0.717) is 24.8 Å². The Kier molecular flexibility index (Phi) is 3.90. The van der Waals surface area contributed by atoms with Gasteiger partial charge >= 0.3 is 0 Å². The fraction of sp³-hybridized carbons (Fsp3) is 0.278. The molecule has 0 unspecified atom stereocenters. The Morgan fingerprint density at radius 3 is 2.83 bits per heavy atom. The van der Waals surface area contributed by atoms with Crippen molar-refractivity contribution in [3.8, 4) is 11.4 Å². The number of nitrogens with zero attached hydrogens (tertiary/aromatic N) is 3. The number of carbonyl (C=O) groups is 1. The molecule has 5 nitrogen and oxygen atoms in total. The number of hydrogen-bond acceptors (Lipinski definition) is 5. The van der Waals surface area contributed by atoms with Gasteiger partial charge in [0.05, 0.1) is 11.5 Å². The summed E-state index contributed by atoms with van der Waals surface area (Å²) in [6.45, 7) is 3.45. The van der Waals surface area contributed by atoms with Crippen LogP contribution in [0.3, 0.4) is 0 Å². The summed E-state index contributed by atoms with van der Waals surface area (Å²) in [6.07, 6.45) is 0. The zero-order valence-electron chi connectivity index (χ0n) is 13.3. The molecular formula is C18H17N3O2S. The molecule has 0 saturated carbocycles. The van der Waals surface area contributed by atoms with Crippen LogP contribution in [0.5, 0.6) is 0 Å². The quantitative estimate of drug-likeness (QED) is 0.730. The average Bonchev–Trinajstić information content (AvgIpc) is 3.35. The summed E-state index contributed by atoms with van der Waals surface area (Å²) in [4.78, 5) is 19.0. The highest BCUT2D eigenvalue weighted by Crippen LogP contribution is 2.33.